The standard InChI is InChI=1S/C30H32ClN3O2/c1-21-19-24(20-22(2)28(21)31)36-18-8-12-26-25-11-6-7-13-27(25)32-29(26)30(35)34-16-14-33(15-17-34)23-9-4-3-5-10-23/h3-7,9-11,13,19-20,32H,8,12,14-18H2,1-2H3. The summed E-state index contributed by atoms with van der Waals surface area (Å²) < 4.78 is 6.03. The first-order valence-electron chi connectivity index (χ1n) is 12.6. The molecule has 36 heavy (non-hydrogen) atoms. The number of ether oxygens (including phenoxy) is 1. The van der Waals surface area contributed by atoms with E-state index in [0.29, 0.717) is 25.4 Å². The second kappa shape index (κ2) is 10.7. The van der Waals surface area contributed by atoms with Crippen LogP contribution in [-0.2, 0) is 6.42 Å². The molecule has 0 radical (unpaired) electrons. The molecule has 0 saturated carbocycles. The Balaban J connectivity index is 1.27. The fraction of sp³-hybridized carbons (Fsp3) is 0.300. The van der Waals surface area contributed by atoms with E-state index in [4.69, 9.17) is 16.3 Å². The van der Waals surface area contributed by atoms with Gasteiger partial charge in [-0.3, -0.25) is 4.79 Å². The monoisotopic (exact) mass is 501 g/mol. The van der Waals surface area contributed by atoms with E-state index in [1.165, 1.54) is 5.69 Å². The van der Waals surface area contributed by atoms with Gasteiger partial charge in [0, 0.05) is 47.8 Å². The minimum absolute atomic E-state index is 0.0822. The zero-order valence-electron chi connectivity index (χ0n) is 20.9. The Labute approximate surface area is 217 Å². The summed E-state index contributed by atoms with van der Waals surface area (Å²) in [5.41, 5.74) is 6.04. The lowest BCUT2D eigenvalue weighted by atomic mass is 10.0. The van der Waals surface area contributed by atoms with Gasteiger partial charge in [0.25, 0.3) is 5.91 Å². The largest absolute Gasteiger partial charge is 0.494 e. The van der Waals surface area contributed by atoms with Crippen LogP contribution < -0.4 is 9.64 Å². The van der Waals surface area contributed by atoms with E-state index in [-0.39, 0.29) is 5.91 Å². The third-order valence-corrected chi connectivity index (χ3v) is 7.56. The predicted molar refractivity (Wildman–Crippen MR) is 148 cm³/mol. The molecule has 1 N–H and O–H groups in total. The maximum Gasteiger partial charge on any atom is 0.270 e. The summed E-state index contributed by atoms with van der Waals surface area (Å²) in [6, 6.07) is 22.5. The topological polar surface area (TPSA) is 48.6 Å². The first-order valence-corrected chi connectivity index (χ1v) is 13.0. The molecule has 1 fully saturated rings. The van der Waals surface area contributed by atoms with Crippen molar-refractivity contribution in [3.05, 3.63) is 94.1 Å². The second-order valence-electron chi connectivity index (χ2n) is 9.46. The number of benzene rings is 3. The fourth-order valence-corrected chi connectivity index (χ4v) is 5.14. The molecule has 1 aromatic heterocycles. The molecule has 0 bridgehead atoms. The van der Waals surface area contributed by atoms with E-state index in [1.54, 1.807) is 0 Å². The van der Waals surface area contributed by atoms with E-state index in [2.05, 4.69) is 40.2 Å². The van der Waals surface area contributed by atoms with Gasteiger partial charge >= 0.3 is 0 Å². The average molecular weight is 502 g/mol. The molecule has 6 heteroatoms. The highest BCUT2D eigenvalue weighted by Gasteiger charge is 2.26. The number of aromatic nitrogens is 1. The maximum absolute atomic E-state index is 13.6. The van der Waals surface area contributed by atoms with Crippen LogP contribution >= 0.6 is 11.6 Å². The molecular formula is C30H32ClN3O2. The van der Waals surface area contributed by atoms with Crippen LogP contribution in [0.4, 0.5) is 5.69 Å². The second-order valence-corrected chi connectivity index (χ2v) is 9.84. The minimum Gasteiger partial charge on any atom is -0.494 e. The zero-order valence-corrected chi connectivity index (χ0v) is 21.6. The summed E-state index contributed by atoms with van der Waals surface area (Å²) in [6.45, 7) is 7.64. The van der Waals surface area contributed by atoms with Gasteiger partial charge in [-0.25, -0.2) is 0 Å². The van der Waals surface area contributed by atoms with Crippen LogP contribution in [-0.4, -0.2) is 48.6 Å². The molecular weight excluding hydrogens is 470 g/mol. The van der Waals surface area contributed by atoms with Crippen LogP contribution in [0.3, 0.4) is 0 Å². The van der Waals surface area contributed by atoms with Crippen molar-refractivity contribution < 1.29 is 9.53 Å². The first-order chi connectivity index (χ1) is 17.5. The van der Waals surface area contributed by atoms with Crippen molar-refractivity contribution >= 4 is 34.1 Å². The third kappa shape index (κ3) is 5.07. The molecule has 0 aliphatic carbocycles. The van der Waals surface area contributed by atoms with Gasteiger partial charge in [-0.05, 0) is 73.7 Å². The van der Waals surface area contributed by atoms with E-state index in [0.717, 1.165) is 64.3 Å². The van der Waals surface area contributed by atoms with Crippen LogP contribution in [0.5, 0.6) is 5.75 Å². The maximum atomic E-state index is 13.6. The highest BCUT2D eigenvalue weighted by atomic mass is 35.5. The van der Waals surface area contributed by atoms with Gasteiger partial charge in [-0.2, -0.15) is 0 Å². The van der Waals surface area contributed by atoms with Crippen molar-refractivity contribution in [3.8, 4) is 5.75 Å². The number of aryl methyl sites for hydroxylation is 3. The molecule has 0 unspecified atom stereocenters. The molecule has 0 atom stereocenters. The smallest absolute Gasteiger partial charge is 0.270 e. The Hall–Kier alpha value is -3.44. The van der Waals surface area contributed by atoms with Gasteiger partial charge < -0.3 is 19.5 Å². The van der Waals surface area contributed by atoms with Crippen molar-refractivity contribution in [1.29, 1.82) is 0 Å². The minimum atomic E-state index is 0.0822. The average Bonchev–Trinajstić information content (AvgIpc) is 3.28. The fourth-order valence-electron chi connectivity index (χ4n) is 5.04. The van der Waals surface area contributed by atoms with Gasteiger partial charge in [0.1, 0.15) is 11.4 Å². The first kappa shape index (κ1) is 24.3. The Bertz CT molecular complexity index is 1330. The number of aromatic amines is 1. The molecule has 1 aliphatic heterocycles. The van der Waals surface area contributed by atoms with Crippen molar-refractivity contribution in [2.24, 2.45) is 0 Å². The van der Waals surface area contributed by atoms with Crippen LogP contribution in [0.2, 0.25) is 5.02 Å². The molecule has 5 nitrogen and oxygen atoms in total. The molecule has 1 aliphatic rings. The molecule has 5 rings (SSSR count). The van der Waals surface area contributed by atoms with E-state index in [9.17, 15) is 4.79 Å². The number of halogens is 1. The normalized spacial score (nSPS) is 13.9. The zero-order chi connectivity index (χ0) is 25.1. The summed E-state index contributed by atoms with van der Waals surface area (Å²) in [5, 5.41) is 1.90. The number of carbonyl (C=O) groups is 1. The molecule has 3 aromatic carbocycles. The number of H-pyrrole nitrogens is 1. The summed E-state index contributed by atoms with van der Waals surface area (Å²) in [6.07, 6.45) is 1.57. The van der Waals surface area contributed by atoms with Crippen LogP contribution in [0, 0.1) is 13.8 Å². The molecule has 0 spiro atoms. The van der Waals surface area contributed by atoms with E-state index < -0.39 is 0 Å². The lowest BCUT2D eigenvalue weighted by Gasteiger charge is -2.36. The number of carbonyl (C=O) groups excluding carboxylic acids is 1. The van der Waals surface area contributed by atoms with Crippen LogP contribution in [0.25, 0.3) is 10.9 Å². The number of nitrogens with zero attached hydrogens (tertiary/aromatic N) is 2. The summed E-state index contributed by atoms with van der Waals surface area (Å²) in [4.78, 5) is 21.4. The number of anilines is 1. The number of hydrogen-bond donors (Lipinski definition) is 1. The Kier molecular flexibility index (Phi) is 7.19. The Morgan fingerprint density at radius 2 is 1.61 bits per heavy atom. The third-order valence-electron chi connectivity index (χ3n) is 6.97. The van der Waals surface area contributed by atoms with Crippen LogP contribution in [0.1, 0.15) is 33.6 Å². The lowest BCUT2D eigenvalue weighted by molar-refractivity contribution is 0.0740. The Morgan fingerprint density at radius 1 is 0.944 bits per heavy atom. The molecule has 186 valence electrons. The van der Waals surface area contributed by atoms with E-state index in [1.807, 2.05) is 55.1 Å². The van der Waals surface area contributed by atoms with Gasteiger partial charge in [-0.1, -0.05) is 48.0 Å². The molecule has 1 saturated heterocycles. The lowest BCUT2D eigenvalue weighted by Crippen LogP contribution is -2.49. The van der Waals surface area contributed by atoms with Crippen molar-refractivity contribution in [2.75, 3.05) is 37.7 Å². The number of para-hydroxylation sites is 2. The van der Waals surface area contributed by atoms with Gasteiger partial charge in [-0.15, -0.1) is 0 Å². The molecule has 1 amide bonds. The number of nitrogens with one attached hydrogen (secondary N) is 1. The SMILES string of the molecule is Cc1cc(OCCCc2c(C(=O)N3CCN(c4ccccc4)CC3)[nH]c3ccccc23)cc(C)c1Cl. The summed E-state index contributed by atoms with van der Waals surface area (Å²) in [7, 11) is 0. The predicted octanol–water partition coefficient (Wildman–Crippen LogP) is 6.41. The number of fused-ring (bicyclic) bond motifs is 1. The molecule has 4 aromatic rings. The van der Waals surface area contributed by atoms with Gasteiger partial charge in [0.2, 0.25) is 0 Å². The van der Waals surface area contributed by atoms with Crippen molar-refractivity contribution in [2.45, 2.75) is 26.7 Å². The van der Waals surface area contributed by atoms with Crippen LogP contribution in [0.15, 0.2) is 66.7 Å². The number of hydrogen-bond acceptors (Lipinski definition) is 3. The number of rotatable bonds is 7. The highest BCUT2D eigenvalue weighted by molar-refractivity contribution is 6.32. The number of amides is 1. The van der Waals surface area contributed by atoms with Crippen molar-refractivity contribution in [3.63, 3.8) is 0 Å². The molecule has 2 heterocycles. The Morgan fingerprint density at radius 3 is 2.33 bits per heavy atom. The van der Waals surface area contributed by atoms with Gasteiger partial charge in [0.15, 0.2) is 0 Å². The quantitative estimate of drug-likeness (QED) is 0.297. The summed E-state index contributed by atoms with van der Waals surface area (Å²) in [5.74, 6) is 0.916. The van der Waals surface area contributed by atoms with Gasteiger partial charge in [0.05, 0.1) is 6.61 Å². The summed E-state index contributed by atoms with van der Waals surface area (Å²) >= 11 is 6.29. The van der Waals surface area contributed by atoms with E-state index >= 15 is 0 Å². The highest BCUT2D eigenvalue weighted by Crippen LogP contribution is 2.28. The number of piperazine rings is 1. The van der Waals surface area contributed by atoms with Crippen molar-refractivity contribution in [1.82, 2.24) is 9.88 Å².